The first-order valence-electron chi connectivity index (χ1n) is 6.80. The lowest BCUT2D eigenvalue weighted by Gasteiger charge is -2.21. The zero-order valence-electron chi connectivity index (χ0n) is 12.8. The molecule has 2 aromatic rings. The van der Waals surface area contributed by atoms with E-state index < -0.39 is 5.54 Å². The Morgan fingerprint density at radius 2 is 1.70 bits per heavy atom. The van der Waals surface area contributed by atoms with Crippen molar-refractivity contribution in [1.82, 2.24) is 4.57 Å². The third-order valence-electron chi connectivity index (χ3n) is 3.71. The van der Waals surface area contributed by atoms with E-state index >= 15 is 0 Å². The van der Waals surface area contributed by atoms with Gasteiger partial charge in [-0.2, -0.15) is 0 Å². The van der Waals surface area contributed by atoms with Crippen LogP contribution in [0.15, 0.2) is 35.3 Å². The summed E-state index contributed by atoms with van der Waals surface area (Å²) in [7, 11) is 0. The van der Waals surface area contributed by atoms with Crippen molar-refractivity contribution in [3.63, 3.8) is 0 Å². The molecular weight excluding hydrogens is 248 g/mol. The molecule has 0 radical (unpaired) electrons. The Balaban J connectivity index is 2.68. The van der Waals surface area contributed by atoms with Crippen molar-refractivity contribution in [3.05, 3.63) is 63.1 Å². The van der Waals surface area contributed by atoms with Gasteiger partial charge in [-0.25, -0.2) is 0 Å². The molecule has 1 aromatic carbocycles. The molecule has 0 unspecified atom stereocenters. The van der Waals surface area contributed by atoms with Crippen molar-refractivity contribution < 1.29 is 0 Å². The van der Waals surface area contributed by atoms with E-state index in [1.165, 1.54) is 11.1 Å². The Labute approximate surface area is 120 Å². The fraction of sp³-hybridized carbons (Fsp3) is 0.353. The average Bonchev–Trinajstić information content (AvgIpc) is 2.31. The molecule has 106 valence electrons. The van der Waals surface area contributed by atoms with Gasteiger partial charge in [0, 0.05) is 34.7 Å². The second-order valence-corrected chi connectivity index (χ2v) is 6.05. The van der Waals surface area contributed by atoms with Gasteiger partial charge in [0.15, 0.2) is 5.43 Å². The predicted octanol–water partition coefficient (Wildman–Crippen LogP) is 2.96. The first-order valence-corrected chi connectivity index (χ1v) is 6.80. The van der Waals surface area contributed by atoms with Gasteiger partial charge in [-0.05, 0) is 57.9 Å². The number of aromatic nitrogens is 1. The van der Waals surface area contributed by atoms with E-state index in [1.807, 2.05) is 31.5 Å². The number of aryl methyl sites for hydroxylation is 3. The van der Waals surface area contributed by atoms with E-state index in [9.17, 15) is 4.79 Å². The second kappa shape index (κ2) is 4.91. The lowest BCUT2D eigenvalue weighted by molar-refractivity contribution is 0.544. The molecule has 0 aliphatic rings. The third-order valence-corrected chi connectivity index (χ3v) is 3.71. The maximum atomic E-state index is 12.1. The standard InChI is InChI=1S/C17H22N2O/c1-11-6-7-14(8-12(11)2)19-10-15(17(4,5)18)16(20)9-13(19)3/h6-10H,18H2,1-5H3. The van der Waals surface area contributed by atoms with Crippen molar-refractivity contribution in [2.24, 2.45) is 5.73 Å². The van der Waals surface area contributed by atoms with Crippen LogP contribution in [0.2, 0.25) is 0 Å². The van der Waals surface area contributed by atoms with Crippen LogP contribution in [-0.4, -0.2) is 4.57 Å². The van der Waals surface area contributed by atoms with Gasteiger partial charge in [-0.3, -0.25) is 4.79 Å². The van der Waals surface area contributed by atoms with E-state index in [2.05, 4.69) is 32.0 Å². The minimum absolute atomic E-state index is 0.00455. The molecule has 0 amide bonds. The highest BCUT2D eigenvalue weighted by Gasteiger charge is 2.19. The maximum absolute atomic E-state index is 12.1. The Morgan fingerprint density at radius 3 is 2.25 bits per heavy atom. The molecule has 0 aliphatic carbocycles. The van der Waals surface area contributed by atoms with Crippen LogP contribution in [0.5, 0.6) is 0 Å². The quantitative estimate of drug-likeness (QED) is 0.912. The van der Waals surface area contributed by atoms with Crippen LogP contribution in [0.1, 0.15) is 36.2 Å². The predicted molar refractivity (Wildman–Crippen MR) is 83.5 cm³/mol. The van der Waals surface area contributed by atoms with Crippen molar-refractivity contribution >= 4 is 0 Å². The van der Waals surface area contributed by atoms with Crippen molar-refractivity contribution in [2.45, 2.75) is 40.2 Å². The zero-order valence-corrected chi connectivity index (χ0v) is 12.8. The molecule has 0 spiro atoms. The van der Waals surface area contributed by atoms with Crippen LogP contribution in [0.3, 0.4) is 0 Å². The van der Waals surface area contributed by atoms with Crippen molar-refractivity contribution in [3.8, 4) is 5.69 Å². The largest absolute Gasteiger partial charge is 0.322 e. The van der Waals surface area contributed by atoms with Crippen LogP contribution < -0.4 is 11.2 Å². The number of rotatable bonds is 2. The van der Waals surface area contributed by atoms with Gasteiger partial charge in [0.2, 0.25) is 0 Å². The number of benzene rings is 1. The highest BCUT2D eigenvalue weighted by molar-refractivity contribution is 5.42. The molecule has 3 nitrogen and oxygen atoms in total. The van der Waals surface area contributed by atoms with Gasteiger partial charge in [0.1, 0.15) is 0 Å². The van der Waals surface area contributed by atoms with Gasteiger partial charge in [-0.15, -0.1) is 0 Å². The first-order chi connectivity index (χ1) is 9.20. The van der Waals surface area contributed by atoms with Crippen molar-refractivity contribution in [2.75, 3.05) is 0 Å². The van der Waals surface area contributed by atoms with Crippen molar-refractivity contribution in [1.29, 1.82) is 0 Å². The lowest BCUT2D eigenvalue weighted by Crippen LogP contribution is -2.35. The minimum atomic E-state index is -0.647. The topological polar surface area (TPSA) is 48.0 Å². The monoisotopic (exact) mass is 270 g/mol. The fourth-order valence-corrected chi connectivity index (χ4v) is 2.27. The summed E-state index contributed by atoms with van der Waals surface area (Å²) in [4.78, 5) is 12.1. The Hall–Kier alpha value is -1.87. The molecule has 20 heavy (non-hydrogen) atoms. The van der Waals surface area contributed by atoms with E-state index in [-0.39, 0.29) is 5.43 Å². The minimum Gasteiger partial charge on any atom is -0.322 e. The first kappa shape index (κ1) is 14.5. The number of nitrogens with two attached hydrogens (primary N) is 1. The highest BCUT2D eigenvalue weighted by atomic mass is 16.1. The van der Waals surface area contributed by atoms with Gasteiger partial charge in [0.25, 0.3) is 0 Å². The summed E-state index contributed by atoms with van der Waals surface area (Å²) in [5.74, 6) is 0. The third kappa shape index (κ3) is 2.68. The van der Waals surface area contributed by atoms with Crippen LogP contribution in [-0.2, 0) is 5.54 Å². The van der Waals surface area contributed by atoms with Crippen LogP contribution in [0, 0.1) is 20.8 Å². The SMILES string of the molecule is Cc1ccc(-n2cc(C(C)(C)N)c(=O)cc2C)cc1C. The van der Waals surface area contributed by atoms with Gasteiger partial charge < -0.3 is 10.3 Å². The van der Waals surface area contributed by atoms with Gasteiger partial charge in [-0.1, -0.05) is 6.07 Å². The van der Waals surface area contributed by atoms with E-state index in [1.54, 1.807) is 6.07 Å². The maximum Gasteiger partial charge on any atom is 0.186 e. The Morgan fingerprint density at radius 1 is 1.05 bits per heavy atom. The summed E-state index contributed by atoms with van der Waals surface area (Å²) in [6, 6.07) is 7.93. The molecular formula is C17H22N2O. The molecule has 0 aliphatic heterocycles. The fourth-order valence-electron chi connectivity index (χ4n) is 2.27. The van der Waals surface area contributed by atoms with E-state index in [4.69, 9.17) is 5.73 Å². The smallest absolute Gasteiger partial charge is 0.186 e. The Kier molecular flexibility index (Phi) is 3.57. The number of nitrogens with zero attached hydrogens (tertiary/aromatic N) is 1. The number of pyridine rings is 1. The lowest BCUT2D eigenvalue weighted by atomic mass is 9.96. The molecule has 2 rings (SSSR count). The molecule has 2 N–H and O–H groups in total. The second-order valence-electron chi connectivity index (χ2n) is 6.05. The summed E-state index contributed by atoms with van der Waals surface area (Å²) in [6.45, 7) is 9.81. The molecule has 0 saturated carbocycles. The van der Waals surface area contributed by atoms with E-state index in [0.717, 1.165) is 11.4 Å². The summed E-state index contributed by atoms with van der Waals surface area (Å²) in [5, 5.41) is 0. The Bertz CT molecular complexity index is 706. The molecule has 0 fully saturated rings. The summed E-state index contributed by atoms with van der Waals surface area (Å²) < 4.78 is 2.03. The van der Waals surface area contributed by atoms with Gasteiger partial charge in [0.05, 0.1) is 0 Å². The van der Waals surface area contributed by atoms with Crippen LogP contribution >= 0.6 is 0 Å². The van der Waals surface area contributed by atoms with Crippen LogP contribution in [0.25, 0.3) is 5.69 Å². The molecule has 0 atom stereocenters. The highest BCUT2D eigenvalue weighted by Crippen LogP contribution is 2.19. The summed E-state index contributed by atoms with van der Waals surface area (Å²) in [6.07, 6.45) is 1.86. The summed E-state index contributed by atoms with van der Waals surface area (Å²) in [5.41, 5.74) is 10.5. The molecule has 1 aromatic heterocycles. The number of hydrogen-bond donors (Lipinski definition) is 1. The van der Waals surface area contributed by atoms with Crippen LogP contribution in [0.4, 0.5) is 0 Å². The molecule has 0 bridgehead atoms. The zero-order chi connectivity index (χ0) is 15.1. The normalized spacial score (nSPS) is 11.7. The van der Waals surface area contributed by atoms with E-state index in [0.29, 0.717) is 5.56 Å². The molecule has 0 saturated heterocycles. The summed E-state index contributed by atoms with van der Waals surface area (Å²) >= 11 is 0. The van der Waals surface area contributed by atoms with Gasteiger partial charge >= 0.3 is 0 Å². The molecule has 3 heteroatoms. The average molecular weight is 270 g/mol. The molecule has 1 heterocycles. The number of hydrogen-bond acceptors (Lipinski definition) is 2.